The lowest BCUT2D eigenvalue weighted by Crippen LogP contribution is -2.34. The molecule has 1 aromatic carbocycles. The van der Waals surface area contributed by atoms with E-state index in [1.807, 2.05) is 18.2 Å². The molecule has 0 saturated carbocycles. The number of rotatable bonds is 4. The second-order valence-electron chi connectivity index (χ2n) is 4.89. The van der Waals surface area contributed by atoms with Crippen molar-refractivity contribution in [3.05, 3.63) is 33.8 Å². The summed E-state index contributed by atoms with van der Waals surface area (Å²) >= 11 is 12.5. The van der Waals surface area contributed by atoms with Gasteiger partial charge in [0.15, 0.2) is 0 Å². The molecule has 1 fully saturated rings. The fourth-order valence-corrected chi connectivity index (χ4v) is 3.37. The van der Waals surface area contributed by atoms with E-state index in [0.29, 0.717) is 5.92 Å². The van der Waals surface area contributed by atoms with Gasteiger partial charge in [0.05, 0.1) is 0 Å². The molecule has 1 saturated heterocycles. The summed E-state index contributed by atoms with van der Waals surface area (Å²) in [5.74, 6) is 0.500. The molecule has 4 heteroatoms. The van der Waals surface area contributed by atoms with Crippen LogP contribution in [0.25, 0.3) is 0 Å². The first-order chi connectivity index (χ1) is 8.72. The molecule has 1 aliphatic heterocycles. The van der Waals surface area contributed by atoms with Gasteiger partial charge in [0.2, 0.25) is 0 Å². The van der Waals surface area contributed by atoms with E-state index in [1.165, 1.54) is 0 Å². The number of piperidine rings is 1. The lowest BCUT2D eigenvalue weighted by molar-refractivity contribution is 0.211. The summed E-state index contributed by atoms with van der Waals surface area (Å²) < 4.78 is 0. The normalized spacial score (nSPS) is 18.2. The number of hydrogen-bond acceptors (Lipinski definition) is 2. The Morgan fingerprint density at radius 2 is 1.78 bits per heavy atom. The lowest BCUT2D eigenvalue weighted by atomic mass is 9.89. The second-order valence-corrected chi connectivity index (χ2v) is 5.71. The Hall–Kier alpha value is -0.280. The van der Waals surface area contributed by atoms with Gasteiger partial charge in [-0.3, -0.25) is 0 Å². The minimum atomic E-state index is 0.500. The van der Waals surface area contributed by atoms with E-state index in [4.69, 9.17) is 28.9 Å². The third-order valence-electron chi connectivity index (χ3n) is 3.67. The molecule has 1 aliphatic rings. The molecule has 0 amide bonds. The highest BCUT2D eigenvalue weighted by molar-refractivity contribution is 6.36. The monoisotopic (exact) mass is 286 g/mol. The standard InChI is InChI=1S/C14H20Cl2N2/c15-12-3-1-4-13(16)14(12)11-5-9-18(10-6-11)8-2-7-17/h1,3-4,11H,2,5-10,17H2. The molecule has 0 unspecified atom stereocenters. The summed E-state index contributed by atoms with van der Waals surface area (Å²) in [4.78, 5) is 2.48. The molecule has 2 N–H and O–H groups in total. The van der Waals surface area contributed by atoms with Gasteiger partial charge in [0, 0.05) is 10.0 Å². The van der Waals surface area contributed by atoms with Crippen LogP contribution in [0.1, 0.15) is 30.7 Å². The molecule has 0 radical (unpaired) electrons. The third-order valence-corrected chi connectivity index (χ3v) is 4.33. The predicted molar refractivity (Wildman–Crippen MR) is 78.5 cm³/mol. The topological polar surface area (TPSA) is 29.3 Å². The second kappa shape index (κ2) is 6.76. The molecule has 2 rings (SSSR count). The third kappa shape index (κ3) is 3.39. The maximum absolute atomic E-state index is 6.27. The van der Waals surface area contributed by atoms with Crippen molar-refractivity contribution >= 4 is 23.2 Å². The number of nitrogens with zero attached hydrogens (tertiary/aromatic N) is 1. The van der Waals surface area contributed by atoms with Gasteiger partial charge in [-0.1, -0.05) is 29.3 Å². The number of hydrogen-bond donors (Lipinski definition) is 1. The maximum Gasteiger partial charge on any atom is 0.0455 e. The highest BCUT2D eigenvalue weighted by Gasteiger charge is 2.23. The van der Waals surface area contributed by atoms with Crippen LogP contribution < -0.4 is 5.73 Å². The fraction of sp³-hybridized carbons (Fsp3) is 0.571. The zero-order chi connectivity index (χ0) is 13.0. The number of benzene rings is 1. The summed E-state index contributed by atoms with van der Waals surface area (Å²) in [5.41, 5.74) is 6.68. The van der Waals surface area contributed by atoms with Gasteiger partial charge in [0.25, 0.3) is 0 Å². The number of halogens is 2. The molecule has 0 aromatic heterocycles. The van der Waals surface area contributed by atoms with E-state index in [2.05, 4.69) is 4.90 Å². The molecule has 0 bridgehead atoms. The van der Waals surface area contributed by atoms with Crippen LogP contribution in [-0.2, 0) is 0 Å². The quantitative estimate of drug-likeness (QED) is 0.918. The predicted octanol–water partition coefficient (Wildman–Crippen LogP) is 3.52. The average Bonchev–Trinajstić information content (AvgIpc) is 2.37. The SMILES string of the molecule is NCCCN1CCC(c2c(Cl)cccc2Cl)CC1. The highest BCUT2D eigenvalue weighted by Crippen LogP contribution is 2.37. The molecule has 18 heavy (non-hydrogen) atoms. The Labute approximate surface area is 119 Å². The van der Waals surface area contributed by atoms with E-state index in [9.17, 15) is 0 Å². The Morgan fingerprint density at radius 3 is 2.33 bits per heavy atom. The molecule has 100 valence electrons. The van der Waals surface area contributed by atoms with Gasteiger partial charge in [-0.2, -0.15) is 0 Å². The number of nitrogens with two attached hydrogens (primary N) is 1. The number of likely N-dealkylation sites (tertiary alicyclic amines) is 1. The Morgan fingerprint density at radius 1 is 1.17 bits per heavy atom. The van der Waals surface area contributed by atoms with E-state index in [-0.39, 0.29) is 0 Å². The van der Waals surface area contributed by atoms with Gasteiger partial charge < -0.3 is 10.6 Å². The van der Waals surface area contributed by atoms with Gasteiger partial charge in [-0.15, -0.1) is 0 Å². The van der Waals surface area contributed by atoms with Crippen LogP contribution in [0, 0.1) is 0 Å². The Kier molecular flexibility index (Phi) is 5.31. The van der Waals surface area contributed by atoms with Crippen molar-refractivity contribution in [1.29, 1.82) is 0 Å². The van der Waals surface area contributed by atoms with Crippen molar-refractivity contribution in [2.75, 3.05) is 26.2 Å². The van der Waals surface area contributed by atoms with Crippen LogP contribution in [0.5, 0.6) is 0 Å². The first-order valence-corrected chi connectivity index (χ1v) is 7.34. The van der Waals surface area contributed by atoms with Crippen LogP contribution in [-0.4, -0.2) is 31.1 Å². The Balaban J connectivity index is 1.97. The zero-order valence-electron chi connectivity index (χ0n) is 10.5. The van der Waals surface area contributed by atoms with E-state index < -0.39 is 0 Å². The van der Waals surface area contributed by atoms with Crippen molar-refractivity contribution in [3.8, 4) is 0 Å². The van der Waals surface area contributed by atoms with Crippen LogP contribution in [0.2, 0.25) is 10.0 Å². The van der Waals surface area contributed by atoms with Crippen molar-refractivity contribution in [2.45, 2.75) is 25.2 Å². The van der Waals surface area contributed by atoms with Crippen LogP contribution in [0.4, 0.5) is 0 Å². The minimum Gasteiger partial charge on any atom is -0.330 e. The molecule has 2 nitrogen and oxygen atoms in total. The lowest BCUT2D eigenvalue weighted by Gasteiger charge is -2.32. The van der Waals surface area contributed by atoms with Gasteiger partial charge >= 0.3 is 0 Å². The van der Waals surface area contributed by atoms with Crippen LogP contribution >= 0.6 is 23.2 Å². The summed E-state index contributed by atoms with van der Waals surface area (Å²) in [6, 6.07) is 5.78. The average molecular weight is 287 g/mol. The first kappa shape index (κ1) is 14.1. The van der Waals surface area contributed by atoms with Gasteiger partial charge in [-0.25, -0.2) is 0 Å². The maximum atomic E-state index is 6.27. The van der Waals surface area contributed by atoms with Crippen LogP contribution in [0.15, 0.2) is 18.2 Å². The van der Waals surface area contributed by atoms with Crippen molar-refractivity contribution in [2.24, 2.45) is 5.73 Å². The van der Waals surface area contributed by atoms with Crippen molar-refractivity contribution in [3.63, 3.8) is 0 Å². The minimum absolute atomic E-state index is 0.500. The molecular formula is C14H20Cl2N2. The van der Waals surface area contributed by atoms with Crippen molar-refractivity contribution in [1.82, 2.24) is 4.90 Å². The van der Waals surface area contributed by atoms with E-state index in [0.717, 1.165) is 61.1 Å². The molecule has 0 aliphatic carbocycles. The summed E-state index contributed by atoms with van der Waals surface area (Å²) in [5, 5.41) is 1.62. The summed E-state index contributed by atoms with van der Waals surface area (Å²) in [7, 11) is 0. The first-order valence-electron chi connectivity index (χ1n) is 6.58. The zero-order valence-corrected chi connectivity index (χ0v) is 12.1. The Bertz CT molecular complexity index is 367. The molecule has 1 aromatic rings. The van der Waals surface area contributed by atoms with E-state index in [1.54, 1.807) is 0 Å². The van der Waals surface area contributed by atoms with Crippen LogP contribution in [0.3, 0.4) is 0 Å². The summed E-state index contributed by atoms with van der Waals surface area (Å²) in [6.07, 6.45) is 3.35. The smallest absolute Gasteiger partial charge is 0.0455 e. The molecule has 1 heterocycles. The molecule has 0 atom stereocenters. The fourth-order valence-electron chi connectivity index (χ4n) is 2.66. The molecule has 0 spiro atoms. The summed E-state index contributed by atoms with van der Waals surface area (Å²) in [6.45, 7) is 4.12. The largest absolute Gasteiger partial charge is 0.330 e. The van der Waals surface area contributed by atoms with Gasteiger partial charge in [0.1, 0.15) is 0 Å². The van der Waals surface area contributed by atoms with E-state index >= 15 is 0 Å². The van der Waals surface area contributed by atoms with Gasteiger partial charge in [-0.05, 0) is 69.1 Å². The highest BCUT2D eigenvalue weighted by atomic mass is 35.5. The molecular weight excluding hydrogens is 267 g/mol. The van der Waals surface area contributed by atoms with Crippen molar-refractivity contribution < 1.29 is 0 Å².